The van der Waals surface area contributed by atoms with Gasteiger partial charge in [0.05, 0.1) is 6.10 Å². The minimum atomic E-state index is -0.518. The molecule has 1 aromatic rings. The van der Waals surface area contributed by atoms with Gasteiger partial charge >= 0.3 is 0 Å². The van der Waals surface area contributed by atoms with Gasteiger partial charge in [-0.3, -0.25) is 0 Å². The number of aryl methyl sites for hydroxylation is 1. The summed E-state index contributed by atoms with van der Waals surface area (Å²) in [5, 5.41) is 9.48. The van der Waals surface area contributed by atoms with Crippen LogP contribution in [-0.4, -0.2) is 11.9 Å². The SMILES string of the molecule is Cc1cc2c(c(C(C)O)c1)OCO2. The van der Waals surface area contributed by atoms with Gasteiger partial charge in [0.25, 0.3) is 0 Å². The lowest BCUT2D eigenvalue weighted by Crippen LogP contribution is -1.96. The molecule has 2 rings (SSSR count). The molecule has 1 N–H and O–H groups in total. The molecular weight excluding hydrogens is 168 g/mol. The maximum Gasteiger partial charge on any atom is 0.231 e. The second kappa shape index (κ2) is 2.92. The molecule has 1 aliphatic rings. The van der Waals surface area contributed by atoms with Crippen molar-refractivity contribution in [3.05, 3.63) is 23.3 Å². The lowest BCUT2D eigenvalue weighted by molar-refractivity contribution is 0.164. The van der Waals surface area contributed by atoms with Crippen LogP contribution in [0.3, 0.4) is 0 Å². The zero-order valence-electron chi connectivity index (χ0n) is 7.70. The Hall–Kier alpha value is -1.22. The monoisotopic (exact) mass is 180 g/mol. The van der Waals surface area contributed by atoms with E-state index in [1.165, 1.54) is 0 Å². The van der Waals surface area contributed by atoms with Crippen LogP contribution < -0.4 is 9.47 Å². The summed E-state index contributed by atoms with van der Waals surface area (Å²) in [5.74, 6) is 1.41. The Bertz CT molecular complexity index is 331. The third-order valence-electron chi connectivity index (χ3n) is 2.10. The second-order valence-corrected chi connectivity index (χ2v) is 3.26. The highest BCUT2D eigenvalue weighted by molar-refractivity contribution is 5.51. The Labute approximate surface area is 76.9 Å². The number of aliphatic hydroxyl groups is 1. The molecule has 1 atom stereocenters. The van der Waals surface area contributed by atoms with Crippen LogP contribution in [0, 0.1) is 6.92 Å². The van der Waals surface area contributed by atoms with Crippen LogP contribution in [-0.2, 0) is 0 Å². The minimum Gasteiger partial charge on any atom is -0.454 e. The first-order valence-electron chi connectivity index (χ1n) is 4.26. The van der Waals surface area contributed by atoms with Crippen molar-refractivity contribution >= 4 is 0 Å². The molecule has 3 nitrogen and oxygen atoms in total. The van der Waals surface area contributed by atoms with Crippen LogP contribution in [0.2, 0.25) is 0 Å². The van der Waals surface area contributed by atoms with Crippen molar-refractivity contribution < 1.29 is 14.6 Å². The summed E-state index contributed by atoms with van der Waals surface area (Å²) < 4.78 is 10.5. The van der Waals surface area contributed by atoms with Gasteiger partial charge in [-0.25, -0.2) is 0 Å². The molecule has 0 saturated carbocycles. The summed E-state index contributed by atoms with van der Waals surface area (Å²) in [7, 11) is 0. The third kappa shape index (κ3) is 1.35. The Morgan fingerprint density at radius 2 is 2.15 bits per heavy atom. The molecule has 0 saturated heterocycles. The van der Waals surface area contributed by atoms with E-state index < -0.39 is 6.10 Å². The van der Waals surface area contributed by atoms with Gasteiger partial charge in [0, 0.05) is 5.56 Å². The molecule has 0 bridgehead atoms. The smallest absolute Gasteiger partial charge is 0.231 e. The molecule has 0 radical (unpaired) electrons. The number of benzene rings is 1. The highest BCUT2D eigenvalue weighted by Gasteiger charge is 2.20. The van der Waals surface area contributed by atoms with E-state index in [9.17, 15) is 5.11 Å². The van der Waals surface area contributed by atoms with E-state index in [4.69, 9.17) is 9.47 Å². The molecule has 0 amide bonds. The number of hydrogen-bond donors (Lipinski definition) is 1. The number of rotatable bonds is 1. The van der Waals surface area contributed by atoms with Crippen LogP contribution in [0.5, 0.6) is 11.5 Å². The number of fused-ring (bicyclic) bond motifs is 1. The van der Waals surface area contributed by atoms with Gasteiger partial charge < -0.3 is 14.6 Å². The third-order valence-corrected chi connectivity index (χ3v) is 2.10. The summed E-state index contributed by atoms with van der Waals surface area (Å²) in [4.78, 5) is 0. The largest absolute Gasteiger partial charge is 0.454 e. The highest BCUT2D eigenvalue weighted by atomic mass is 16.7. The van der Waals surface area contributed by atoms with E-state index in [1.54, 1.807) is 6.92 Å². The molecule has 0 fully saturated rings. The maximum absolute atomic E-state index is 9.48. The molecule has 1 aromatic carbocycles. The normalized spacial score (nSPS) is 15.9. The summed E-state index contributed by atoms with van der Waals surface area (Å²) in [6.07, 6.45) is -0.518. The van der Waals surface area contributed by atoms with E-state index in [1.807, 2.05) is 19.1 Å². The summed E-state index contributed by atoms with van der Waals surface area (Å²) in [6, 6.07) is 3.83. The molecule has 13 heavy (non-hydrogen) atoms. The van der Waals surface area contributed by atoms with Gasteiger partial charge in [0.1, 0.15) is 0 Å². The zero-order chi connectivity index (χ0) is 9.42. The number of aliphatic hydroxyl groups excluding tert-OH is 1. The van der Waals surface area contributed by atoms with Gasteiger partial charge in [0.15, 0.2) is 11.5 Å². The van der Waals surface area contributed by atoms with Crippen molar-refractivity contribution in [3.63, 3.8) is 0 Å². The van der Waals surface area contributed by atoms with Gasteiger partial charge in [0.2, 0.25) is 6.79 Å². The highest BCUT2D eigenvalue weighted by Crippen LogP contribution is 2.39. The van der Waals surface area contributed by atoms with Gasteiger partial charge in [-0.2, -0.15) is 0 Å². The first-order chi connectivity index (χ1) is 6.18. The molecule has 0 aliphatic carbocycles. The van der Waals surface area contributed by atoms with Crippen LogP contribution in [0.15, 0.2) is 12.1 Å². The fourth-order valence-electron chi connectivity index (χ4n) is 1.49. The number of ether oxygens (including phenoxy) is 2. The summed E-state index contributed by atoms with van der Waals surface area (Å²) in [6.45, 7) is 3.93. The lowest BCUT2D eigenvalue weighted by Gasteiger charge is -2.09. The van der Waals surface area contributed by atoms with Crippen molar-refractivity contribution in [2.45, 2.75) is 20.0 Å². The van der Waals surface area contributed by atoms with Crippen LogP contribution in [0.25, 0.3) is 0 Å². The minimum absolute atomic E-state index is 0.249. The fraction of sp³-hybridized carbons (Fsp3) is 0.400. The first kappa shape index (κ1) is 8.38. The maximum atomic E-state index is 9.48. The molecule has 0 aromatic heterocycles. The number of hydrogen-bond acceptors (Lipinski definition) is 3. The van der Waals surface area contributed by atoms with Crippen molar-refractivity contribution in [1.82, 2.24) is 0 Å². The lowest BCUT2D eigenvalue weighted by atomic mass is 10.1. The summed E-state index contributed by atoms with van der Waals surface area (Å²) in [5.41, 5.74) is 1.87. The van der Waals surface area contributed by atoms with Crippen molar-refractivity contribution in [1.29, 1.82) is 0 Å². The van der Waals surface area contributed by atoms with Gasteiger partial charge in [-0.1, -0.05) is 0 Å². The molecule has 1 heterocycles. The molecular formula is C10H12O3. The second-order valence-electron chi connectivity index (χ2n) is 3.26. The predicted octanol–water partition coefficient (Wildman–Crippen LogP) is 1.78. The van der Waals surface area contributed by atoms with E-state index in [2.05, 4.69) is 0 Å². The zero-order valence-corrected chi connectivity index (χ0v) is 7.70. The van der Waals surface area contributed by atoms with Gasteiger partial charge in [-0.15, -0.1) is 0 Å². The van der Waals surface area contributed by atoms with Crippen LogP contribution >= 0.6 is 0 Å². The average molecular weight is 180 g/mol. The Balaban J connectivity index is 2.55. The molecule has 1 unspecified atom stereocenters. The quantitative estimate of drug-likeness (QED) is 0.715. The van der Waals surface area contributed by atoms with E-state index in [0.717, 1.165) is 16.9 Å². The fourth-order valence-corrected chi connectivity index (χ4v) is 1.49. The first-order valence-corrected chi connectivity index (χ1v) is 4.26. The van der Waals surface area contributed by atoms with E-state index >= 15 is 0 Å². The van der Waals surface area contributed by atoms with E-state index in [0.29, 0.717) is 5.75 Å². The summed E-state index contributed by atoms with van der Waals surface area (Å²) >= 11 is 0. The van der Waals surface area contributed by atoms with Crippen LogP contribution in [0.1, 0.15) is 24.2 Å². The standard InChI is InChI=1S/C10H12O3/c1-6-3-8(7(2)11)10-9(4-6)12-5-13-10/h3-4,7,11H,5H2,1-2H3. The Morgan fingerprint density at radius 1 is 1.38 bits per heavy atom. The molecule has 0 spiro atoms. The predicted molar refractivity (Wildman–Crippen MR) is 47.9 cm³/mol. The van der Waals surface area contributed by atoms with Crippen molar-refractivity contribution in [2.24, 2.45) is 0 Å². The van der Waals surface area contributed by atoms with Crippen LogP contribution in [0.4, 0.5) is 0 Å². The van der Waals surface area contributed by atoms with E-state index in [-0.39, 0.29) is 6.79 Å². The van der Waals surface area contributed by atoms with Crippen molar-refractivity contribution in [2.75, 3.05) is 6.79 Å². The Morgan fingerprint density at radius 3 is 2.85 bits per heavy atom. The molecule has 1 aliphatic heterocycles. The Kier molecular flexibility index (Phi) is 1.88. The molecule has 3 heteroatoms. The topological polar surface area (TPSA) is 38.7 Å². The molecule has 70 valence electrons. The van der Waals surface area contributed by atoms with Gasteiger partial charge in [-0.05, 0) is 31.5 Å². The average Bonchev–Trinajstić information content (AvgIpc) is 2.49. The van der Waals surface area contributed by atoms with Crippen molar-refractivity contribution in [3.8, 4) is 11.5 Å².